The number of carbonyl (C=O) groups is 1. The quantitative estimate of drug-likeness (QED) is 0.809. The Kier molecular flexibility index (Phi) is 5.28. The average Bonchev–Trinajstić information content (AvgIpc) is 3.16. The molecule has 2 fully saturated rings. The van der Waals surface area contributed by atoms with Crippen molar-refractivity contribution in [2.75, 3.05) is 53.6 Å². The van der Waals surface area contributed by atoms with E-state index in [1.54, 1.807) is 14.2 Å². The molecule has 1 aliphatic carbocycles. The Labute approximate surface area is 161 Å². The van der Waals surface area contributed by atoms with Crippen LogP contribution in [0.4, 0.5) is 0 Å². The highest BCUT2D eigenvalue weighted by molar-refractivity contribution is 5.79. The minimum atomic E-state index is 0.0633. The lowest BCUT2D eigenvalue weighted by Gasteiger charge is -2.43. The maximum absolute atomic E-state index is 13.1. The molecule has 27 heavy (non-hydrogen) atoms. The minimum absolute atomic E-state index is 0.0633. The summed E-state index contributed by atoms with van der Waals surface area (Å²) in [6, 6.07) is 4.23. The van der Waals surface area contributed by atoms with Crippen LogP contribution in [0.5, 0.6) is 11.5 Å². The first kappa shape index (κ1) is 18.6. The van der Waals surface area contributed by atoms with E-state index in [4.69, 9.17) is 14.2 Å². The van der Waals surface area contributed by atoms with Crippen LogP contribution in [0.3, 0.4) is 0 Å². The minimum Gasteiger partial charge on any atom is -0.493 e. The third-order valence-electron chi connectivity index (χ3n) is 6.41. The van der Waals surface area contributed by atoms with Crippen LogP contribution >= 0.6 is 0 Å². The van der Waals surface area contributed by atoms with Crippen LogP contribution in [-0.4, -0.2) is 69.3 Å². The van der Waals surface area contributed by atoms with Crippen LogP contribution in [0.15, 0.2) is 12.1 Å². The van der Waals surface area contributed by atoms with Crippen LogP contribution in [0.25, 0.3) is 0 Å². The Morgan fingerprint density at radius 1 is 1.11 bits per heavy atom. The summed E-state index contributed by atoms with van der Waals surface area (Å²) in [5, 5.41) is 0. The monoisotopic (exact) mass is 374 g/mol. The fourth-order valence-corrected chi connectivity index (χ4v) is 4.96. The van der Waals surface area contributed by atoms with E-state index < -0.39 is 0 Å². The predicted molar refractivity (Wildman–Crippen MR) is 102 cm³/mol. The summed E-state index contributed by atoms with van der Waals surface area (Å²) >= 11 is 0. The first-order valence-electron chi connectivity index (χ1n) is 9.98. The summed E-state index contributed by atoms with van der Waals surface area (Å²) < 4.78 is 16.5. The number of hydrogen-bond donors (Lipinski definition) is 0. The molecule has 0 N–H and O–H groups in total. The van der Waals surface area contributed by atoms with E-state index in [-0.39, 0.29) is 11.3 Å². The maximum atomic E-state index is 13.1. The highest BCUT2D eigenvalue weighted by atomic mass is 16.5. The van der Waals surface area contributed by atoms with Crippen LogP contribution in [0.2, 0.25) is 0 Å². The van der Waals surface area contributed by atoms with Gasteiger partial charge in [-0.3, -0.25) is 9.69 Å². The smallest absolute Gasteiger partial charge is 0.237 e. The van der Waals surface area contributed by atoms with Crippen molar-refractivity contribution in [3.05, 3.63) is 23.3 Å². The summed E-state index contributed by atoms with van der Waals surface area (Å²) in [6.07, 6.45) is 4.71. The summed E-state index contributed by atoms with van der Waals surface area (Å²) in [5.74, 6) is 1.76. The van der Waals surface area contributed by atoms with Gasteiger partial charge in [0.1, 0.15) is 0 Å². The molecule has 3 aliphatic rings. The second kappa shape index (κ2) is 7.68. The van der Waals surface area contributed by atoms with E-state index in [1.807, 2.05) is 0 Å². The molecule has 1 aromatic carbocycles. The third kappa shape index (κ3) is 3.52. The molecule has 0 radical (unpaired) electrons. The lowest BCUT2D eigenvalue weighted by Crippen LogP contribution is -2.50. The number of rotatable bonds is 4. The molecular formula is C21H30N2O4. The number of carbonyl (C=O) groups excluding carboxylic acids is 1. The van der Waals surface area contributed by atoms with Crippen molar-refractivity contribution >= 4 is 5.91 Å². The number of morpholine rings is 1. The number of methoxy groups -OCH3 is 2. The van der Waals surface area contributed by atoms with Crippen molar-refractivity contribution in [3.63, 3.8) is 0 Å². The van der Waals surface area contributed by atoms with E-state index in [0.29, 0.717) is 13.1 Å². The first-order valence-corrected chi connectivity index (χ1v) is 9.98. The lowest BCUT2D eigenvalue weighted by molar-refractivity contribution is -0.135. The standard InChI is InChI=1S/C21H30N2O4/c1-25-18-11-16-13-23(20(24)14-22-7-9-27-10-8-22)15-21(5-3-4-6-21)17(16)12-19(18)26-2/h11-12H,3-10,13-15H2,1-2H3. The van der Waals surface area contributed by atoms with Crippen molar-refractivity contribution in [1.82, 2.24) is 9.80 Å². The number of amides is 1. The zero-order chi connectivity index (χ0) is 18.9. The summed E-state index contributed by atoms with van der Waals surface area (Å²) in [4.78, 5) is 17.4. The van der Waals surface area contributed by atoms with Crippen molar-refractivity contribution in [1.29, 1.82) is 0 Å². The van der Waals surface area contributed by atoms with Crippen LogP contribution in [0.1, 0.15) is 36.8 Å². The Morgan fingerprint density at radius 3 is 2.44 bits per heavy atom. The molecule has 2 aliphatic heterocycles. The molecule has 0 aromatic heterocycles. The highest BCUT2D eigenvalue weighted by Gasteiger charge is 2.43. The number of hydrogen-bond acceptors (Lipinski definition) is 5. The summed E-state index contributed by atoms with van der Waals surface area (Å²) in [6.45, 7) is 5.08. The molecule has 0 unspecified atom stereocenters. The molecule has 0 bridgehead atoms. The molecule has 6 heteroatoms. The first-order chi connectivity index (χ1) is 13.1. The molecule has 4 rings (SSSR count). The van der Waals surface area contributed by atoms with Gasteiger partial charge in [-0.15, -0.1) is 0 Å². The molecule has 148 valence electrons. The maximum Gasteiger partial charge on any atom is 0.237 e. The Hall–Kier alpha value is -1.79. The number of ether oxygens (including phenoxy) is 3. The average molecular weight is 374 g/mol. The molecular weight excluding hydrogens is 344 g/mol. The van der Waals surface area contributed by atoms with E-state index in [2.05, 4.69) is 21.9 Å². The molecule has 1 saturated heterocycles. The Balaban J connectivity index is 1.61. The van der Waals surface area contributed by atoms with E-state index >= 15 is 0 Å². The molecule has 2 heterocycles. The fourth-order valence-electron chi connectivity index (χ4n) is 4.96. The normalized spacial score (nSPS) is 21.9. The van der Waals surface area contributed by atoms with E-state index in [1.165, 1.54) is 24.0 Å². The molecule has 1 aromatic rings. The van der Waals surface area contributed by atoms with Gasteiger partial charge in [-0.2, -0.15) is 0 Å². The van der Waals surface area contributed by atoms with Gasteiger partial charge < -0.3 is 19.1 Å². The second-order valence-corrected chi connectivity index (χ2v) is 7.99. The van der Waals surface area contributed by atoms with Crippen LogP contribution in [-0.2, 0) is 21.5 Å². The SMILES string of the molecule is COc1cc2c(cc1OC)C1(CCCC1)CN(C(=O)CN1CCOCC1)C2. The van der Waals surface area contributed by atoms with Gasteiger partial charge in [0.2, 0.25) is 5.91 Å². The van der Waals surface area contributed by atoms with Gasteiger partial charge in [-0.05, 0) is 36.1 Å². The van der Waals surface area contributed by atoms with Gasteiger partial charge in [0.15, 0.2) is 11.5 Å². The second-order valence-electron chi connectivity index (χ2n) is 7.99. The molecule has 6 nitrogen and oxygen atoms in total. The summed E-state index contributed by atoms with van der Waals surface area (Å²) in [7, 11) is 3.35. The predicted octanol–water partition coefficient (Wildman–Crippen LogP) is 2.19. The van der Waals surface area contributed by atoms with Crippen molar-refractivity contribution in [3.8, 4) is 11.5 Å². The zero-order valence-corrected chi connectivity index (χ0v) is 16.5. The fraction of sp³-hybridized carbons (Fsp3) is 0.667. The number of fused-ring (bicyclic) bond motifs is 2. The van der Waals surface area contributed by atoms with Gasteiger partial charge in [0, 0.05) is 31.6 Å². The van der Waals surface area contributed by atoms with Crippen molar-refractivity contribution in [2.24, 2.45) is 0 Å². The van der Waals surface area contributed by atoms with Crippen LogP contribution in [0, 0.1) is 0 Å². The Morgan fingerprint density at radius 2 is 1.78 bits per heavy atom. The molecule has 0 atom stereocenters. The molecule has 1 saturated carbocycles. The highest BCUT2D eigenvalue weighted by Crippen LogP contribution is 2.48. The lowest BCUT2D eigenvalue weighted by atomic mass is 9.73. The van der Waals surface area contributed by atoms with Gasteiger partial charge >= 0.3 is 0 Å². The zero-order valence-electron chi connectivity index (χ0n) is 16.5. The topological polar surface area (TPSA) is 51.2 Å². The largest absolute Gasteiger partial charge is 0.493 e. The van der Waals surface area contributed by atoms with Gasteiger partial charge in [0.05, 0.1) is 34.0 Å². The molecule has 1 spiro atoms. The van der Waals surface area contributed by atoms with Gasteiger partial charge in [-0.25, -0.2) is 0 Å². The van der Waals surface area contributed by atoms with Crippen molar-refractivity contribution in [2.45, 2.75) is 37.6 Å². The molecule has 1 amide bonds. The van der Waals surface area contributed by atoms with Gasteiger partial charge in [0.25, 0.3) is 0 Å². The van der Waals surface area contributed by atoms with Gasteiger partial charge in [-0.1, -0.05) is 12.8 Å². The van der Waals surface area contributed by atoms with E-state index in [0.717, 1.165) is 57.2 Å². The summed E-state index contributed by atoms with van der Waals surface area (Å²) in [5.41, 5.74) is 2.62. The number of benzene rings is 1. The third-order valence-corrected chi connectivity index (χ3v) is 6.41. The Bertz CT molecular complexity index is 694. The van der Waals surface area contributed by atoms with Crippen molar-refractivity contribution < 1.29 is 19.0 Å². The van der Waals surface area contributed by atoms with E-state index in [9.17, 15) is 4.79 Å². The number of nitrogens with zero attached hydrogens (tertiary/aromatic N) is 2. The van der Waals surface area contributed by atoms with Crippen LogP contribution < -0.4 is 9.47 Å².